The van der Waals surface area contributed by atoms with Crippen LogP contribution >= 0.6 is 0 Å². The minimum atomic E-state index is -1.55. The van der Waals surface area contributed by atoms with Gasteiger partial charge in [0, 0.05) is 12.6 Å². The van der Waals surface area contributed by atoms with Crippen LogP contribution in [-0.2, 0) is 0 Å². The Morgan fingerprint density at radius 1 is 1.56 bits per heavy atom. The Morgan fingerprint density at radius 2 is 2.19 bits per heavy atom. The van der Waals surface area contributed by atoms with E-state index in [-0.39, 0.29) is 17.8 Å². The lowest BCUT2D eigenvalue weighted by Crippen LogP contribution is -2.31. The standard InChI is InChI=1S/C8H11N3O5/c9-2-6(12)7(13)5-1-4(11(15)16)3-10-8(5)14/h1,3,6-7,12-13H,2,9H2,(H,10,14). The normalized spacial score (nSPS) is 14.4. The Hall–Kier alpha value is -1.77. The van der Waals surface area contributed by atoms with Crippen LogP contribution in [0.1, 0.15) is 11.7 Å². The van der Waals surface area contributed by atoms with Crippen LogP contribution in [-0.4, -0.2) is 32.8 Å². The van der Waals surface area contributed by atoms with Crippen molar-refractivity contribution in [2.45, 2.75) is 12.2 Å². The summed E-state index contributed by atoms with van der Waals surface area (Å²) in [7, 11) is 0. The number of nitrogens with one attached hydrogen (secondary N) is 1. The van der Waals surface area contributed by atoms with Crippen molar-refractivity contribution in [2.24, 2.45) is 5.73 Å². The van der Waals surface area contributed by atoms with Gasteiger partial charge >= 0.3 is 0 Å². The van der Waals surface area contributed by atoms with Crippen molar-refractivity contribution in [3.63, 3.8) is 0 Å². The summed E-state index contributed by atoms with van der Waals surface area (Å²) in [5.74, 6) is 0. The average molecular weight is 229 g/mol. The molecule has 1 heterocycles. The summed E-state index contributed by atoms with van der Waals surface area (Å²) in [6, 6.07) is 0.905. The lowest BCUT2D eigenvalue weighted by atomic mass is 10.1. The summed E-state index contributed by atoms with van der Waals surface area (Å²) >= 11 is 0. The smallest absolute Gasteiger partial charge is 0.285 e. The van der Waals surface area contributed by atoms with E-state index in [9.17, 15) is 25.1 Å². The predicted molar refractivity (Wildman–Crippen MR) is 53.7 cm³/mol. The maximum atomic E-state index is 11.3. The fourth-order valence-electron chi connectivity index (χ4n) is 1.15. The van der Waals surface area contributed by atoms with Gasteiger partial charge < -0.3 is 20.9 Å². The molecule has 1 aromatic heterocycles. The van der Waals surface area contributed by atoms with Crippen molar-refractivity contribution in [3.05, 3.63) is 38.3 Å². The van der Waals surface area contributed by atoms with E-state index in [2.05, 4.69) is 4.98 Å². The lowest BCUT2D eigenvalue weighted by Gasteiger charge is -2.14. The number of nitrogens with zero attached hydrogens (tertiary/aromatic N) is 1. The van der Waals surface area contributed by atoms with Gasteiger partial charge in [0.05, 0.1) is 22.8 Å². The van der Waals surface area contributed by atoms with Crippen molar-refractivity contribution >= 4 is 5.69 Å². The molecule has 1 aromatic rings. The third-order valence-corrected chi connectivity index (χ3v) is 2.05. The number of aliphatic hydroxyl groups excluding tert-OH is 2. The Kier molecular flexibility index (Phi) is 3.72. The second-order valence-electron chi connectivity index (χ2n) is 3.15. The molecule has 0 radical (unpaired) electrons. The van der Waals surface area contributed by atoms with Crippen LogP contribution in [0.25, 0.3) is 0 Å². The fourth-order valence-corrected chi connectivity index (χ4v) is 1.15. The maximum Gasteiger partial charge on any atom is 0.285 e. The minimum Gasteiger partial charge on any atom is -0.389 e. The van der Waals surface area contributed by atoms with Gasteiger partial charge in [-0.1, -0.05) is 0 Å². The summed E-state index contributed by atoms with van der Waals surface area (Å²) in [6.45, 7) is -0.261. The highest BCUT2D eigenvalue weighted by Crippen LogP contribution is 2.16. The van der Waals surface area contributed by atoms with E-state index in [4.69, 9.17) is 5.73 Å². The largest absolute Gasteiger partial charge is 0.389 e. The number of rotatable bonds is 4. The summed E-state index contributed by atoms with van der Waals surface area (Å²) in [5, 5.41) is 29.2. The molecular weight excluding hydrogens is 218 g/mol. The number of aliphatic hydroxyl groups is 2. The molecule has 5 N–H and O–H groups in total. The predicted octanol–water partition coefficient (Wildman–Crippen LogP) is -1.36. The lowest BCUT2D eigenvalue weighted by molar-refractivity contribution is -0.385. The van der Waals surface area contributed by atoms with Crippen molar-refractivity contribution < 1.29 is 15.1 Å². The van der Waals surface area contributed by atoms with Crippen LogP contribution < -0.4 is 11.3 Å². The molecule has 1 rings (SSSR count). The fraction of sp³-hybridized carbons (Fsp3) is 0.375. The molecule has 0 bridgehead atoms. The van der Waals surface area contributed by atoms with E-state index in [1.165, 1.54) is 0 Å². The third-order valence-electron chi connectivity index (χ3n) is 2.05. The third kappa shape index (κ3) is 2.42. The van der Waals surface area contributed by atoms with Crippen molar-refractivity contribution in [1.82, 2.24) is 4.98 Å². The average Bonchev–Trinajstić information content (AvgIpc) is 2.27. The SMILES string of the molecule is NCC(O)C(O)c1cc([N+](=O)[O-])c[nH]c1=O. The first-order valence-electron chi connectivity index (χ1n) is 4.40. The molecule has 2 atom stereocenters. The molecule has 0 amide bonds. The highest BCUT2D eigenvalue weighted by Gasteiger charge is 2.22. The van der Waals surface area contributed by atoms with Gasteiger partial charge in [-0.05, 0) is 0 Å². The summed E-state index contributed by atoms with van der Waals surface area (Å²) in [4.78, 5) is 23.1. The number of H-pyrrole nitrogens is 1. The van der Waals surface area contributed by atoms with Crippen molar-refractivity contribution in [1.29, 1.82) is 0 Å². The molecule has 8 heteroatoms. The maximum absolute atomic E-state index is 11.3. The van der Waals surface area contributed by atoms with Crippen LogP contribution in [0.4, 0.5) is 5.69 Å². The van der Waals surface area contributed by atoms with E-state index in [0.29, 0.717) is 0 Å². The van der Waals surface area contributed by atoms with Gasteiger partial charge in [0.1, 0.15) is 6.10 Å². The van der Waals surface area contributed by atoms with Gasteiger partial charge in [-0.15, -0.1) is 0 Å². The summed E-state index contributed by atoms with van der Waals surface area (Å²) in [5.41, 5.74) is 3.74. The zero-order valence-electron chi connectivity index (χ0n) is 8.16. The molecular formula is C8H11N3O5. The number of hydrogen-bond acceptors (Lipinski definition) is 6. The number of nitro groups is 1. The quantitative estimate of drug-likeness (QED) is 0.370. The second kappa shape index (κ2) is 4.84. The molecule has 0 saturated carbocycles. The molecule has 0 aromatic carbocycles. The number of aromatic nitrogens is 1. The van der Waals surface area contributed by atoms with E-state index in [1.54, 1.807) is 0 Å². The van der Waals surface area contributed by atoms with Gasteiger partial charge in [-0.2, -0.15) is 0 Å². The zero-order chi connectivity index (χ0) is 12.3. The van der Waals surface area contributed by atoms with Crippen LogP contribution in [0, 0.1) is 10.1 Å². The van der Waals surface area contributed by atoms with E-state index >= 15 is 0 Å². The first kappa shape index (κ1) is 12.3. The molecule has 0 aliphatic rings. The van der Waals surface area contributed by atoms with E-state index in [0.717, 1.165) is 12.3 Å². The Morgan fingerprint density at radius 3 is 2.69 bits per heavy atom. The number of hydrogen-bond donors (Lipinski definition) is 4. The van der Waals surface area contributed by atoms with Crippen LogP contribution in [0.3, 0.4) is 0 Å². The number of pyridine rings is 1. The molecule has 0 aliphatic carbocycles. The number of aromatic amines is 1. The van der Waals surface area contributed by atoms with Gasteiger partial charge in [0.15, 0.2) is 0 Å². The summed E-state index contributed by atoms with van der Waals surface area (Å²) < 4.78 is 0. The second-order valence-corrected chi connectivity index (χ2v) is 3.15. The van der Waals surface area contributed by atoms with E-state index in [1.807, 2.05) is 0 Å². The molecule has 2 unspecified atom stereocenters. The molecule has 0 aliphatic heterocycles. The first-order chi connectivity index (χ1) is 7.47. The first-order valence-corrected chi connectivity index (χ1v) is 4.40. The summed E-state index contributed by atoms with van der Waals surface area (Å²) in [6.07, 6.45) is -1.98. The van der Waals surface area contributed by atoms with Crippen molar-refractivity contribution in [2.75, 3.05) is 6.54 Å². The highest BCUT2D eigenvalue weighted by molar-refractivity contribution is 5.31. The van der Waals surface area contributed by atoms with Gasteiger partial charge in [-0.3, -0.25) is 14.9 Å². The molecule has 0 saturated heterocycles. The Labute approximate surface area is 89.5 Å². The number of nitrogens with two attached hydrogens (primary N) is 1. The van der Waals surface area contributed by atoms with Gasteiger partial charge in [0.25, 0.3) is 11.2 Å². The molecule has 8 nitrogen and oxygen atoms in total. The highest BCUT2D eigenvalue weighted by atomic mass is 16.6. The monoisotopic (exact) mass is 229 g/mol. The van der Waals surface area contributed by atoms with E-state index < -0.39 is 22.7 Å². The molecule has 16 heavy (non-hydrogen) atoms. The zero-order valence-corrected chi connectivity index (χ0v) is 8.16. The minimum absolute atomic E-state index is 0.261. The molecule has 88 valence electrons. The van der Waals surface area contributed by atoms with Gasteiger partial charge in [0.2, 0.25) is 0 Å². The van der Waals surface area contributed by atoms with Gasteiger partial charge in [-0.25, -0.2) is 0 Å². The van der Waals surface area contributed by atoms with Crippen LogP contribution in [0.5, 0.6) is 0 Å². The van der Waals surface area contributed by atoms with Crippen LogP contribution in [0.2, 0.25) is 0 Å². The Bertz CT molecular complexity index is 444. The molecule has 0 fully saturated rings. The van der Waals surface area contributed by atoms with Crippen molar-refractivity contribution in [3.8, 4) is 0 Å². The topological polar surface area (TPSA) is 142 Å². The Balaban J connectivity index is 3.17. The molecule has 0 spiro atoms. The van der Waals surface area contributed by atoms with Crippen LogP contribution in [0.15, 0.2) is 17.1 Å².